The van der Waals surface area contributed by atoms with Gasteiger partial charge in [0.15, 0.2) is 0 Å². The third-order valence-electron chi connectivity index (χ3n) is 2.47. The number of nitrogens with two attached hydrogens (primary N) is 1. The third kappa shape index (κ3) is 3.96. The standard InChI is InChI=1S/C14H12F2N2OS/c15-9-1-4-11(5-2-9)20-8-14(19)18-13-7-10(16)3-6-12(13)17/h1-7H,8,17H2,(H,18,19). The maximum absolute atomic E-state index is 13.0. The van der Waals surface area contributed by atoms with E-state index >= 15 is 0 Å². The van der Waals surface area contributed by atoms with E-state index in [1.807, 2.05) is 0 Å². The first-order valence-electron chi connectivity index (χ1n) is 5.78. The molecule has 6 heteroatoms. The molecule has 2 rings (SSSR count). The zero-order valence-electron chi connectivity index (χ0n) is 10.4. The molecule has 0 heterocycles. The summed E-state index contributed by atoms with van der Waals surface area (Å²) in [6.45, 7) is 0. The average Bonchev–Trinajstić information content (AvgIpc) is 2.42. The van der Waals surface area contributed by atoms with E-state index in [0.717, 1.165) is 11.0 Å². The molecule has 0 atom stereocenters. The second kappa shape index (κ2) is 6.38. The van der Waals surface area contributed by atoms with Gasteiger partial charge < -0.3 is 11.1 Å². The number of rotatable bonds is 4. The molecule has 0 unspecified atom stereocenters. The Kier molecular flexibility index (Phi) is 4.57. The highest BCUT2D eigenvalue weighted by molar-refractivity contribution is 8.00. The van der Waals surface area contributed by atoms with Gasteiger partial charge in [-0.15, -0.1) is 11.8 Å². The van der Waals surface area contributed by atoms with Gasteiger partial charge in [-0.05, 0) is 42.5 Å². The van der Waals surface area contributed by atoms with Crippen LogP contribution >= 0.6 is 11.8 Å². The molecule has 0 fully saturated rings. The van der Waals surface area contributed by atoms with Crippen molar-refractivity contribution in [2.45, 2.75) is 4.90 Å². The van der Waals surface area contributed by atoms with Crippen molar-refractivity contribution < 1.29 is 13.6 Å². The minimum absolute atomic E-state index is 0.127. The summed E-state index contributed by atoms with van der Waals surface area (Å²) in [5, 5.41) is 2.53. The van der Waals surface area contributed by atoms with Crippen LogP contribution in [0.3, 0.4) is 0 Å². The smallest absolute Gasteiger partial charge is 0.234 e. The lowest BCUT2D eigenvalue weighted by molar-refractivity contribution is -0.113. The predicted molar refractivity (Wildman–Crippen MR) is 76.6 cm³/mol. The van der Waals surface area contributed by atoms with Crippen LogP contribution in [0, 0.1) is 11.6 Å². The second-order valence-electron chi connectivity index (χ2n) is 4.02. The number of nitrogen functional groups attached to an aromatic ring is 1. The number of nitrogens with one attached hydrogen (secondary N) is 1. The Morgan fingerprint density at radius 2 is 1.75 bits per heavy atom. The molecule has 0 saturated heterocycles. The first-order chi connectivity index (χ1) is 9.54. The quantitative estimate of drug-likeness (QED) is 0.672. The van der Waals surface area contributed by atoms with Crippen LogP contribution in [-0.4, -0.2) is 11.7 Å². The largest absolute Gasteiger partial charge is 0.397 e. The van der Waals surface area contributed by atoms with E-state index in [1.54, 1.807) is 12.1 Å². The maximum atomic E-state index is 13.0. The van der Waals surface area contributed by atoms with Gasteiger partial charge in [-0.3, -0.25) is 4.79 Å². The molecule has 104 valence electrons. The molecule has 1 amide bonds. The van der Waals surface area contributed by atoms with Gasteiger partial charge in [0.25, 0.3) is 0 Å². The highest BCUT2D eigenvalue weighted by Gasteiger charge is 2.07. The predicted octanol–water partition coefficient (Wildman–Crippen LogP) is 3.28. The Morgan fingerprint density at radius 3 is 2.45 bits per heavy atom. The molecule has 2 aromatic rings. The molecular formula is C14H12F2N2OS. The lowest BCUT2D eigenvalue weighted by Crippen LogP contribution is -2.15. The summed E-state index contributed by atoms with van der Waals surface area (Å²) < 4.78 is 25.8. The van der Waals surface area contributed by atoms with Crippen molar-refractivity contribution >= 4 is 29.0 Å². The van der Waals surface area contributed by atoms with E-state index in [-0.39, 0.29) is 23.2 Å². The molecular weight excluding hydrogens is 282 g/mol. The fourth-order valence-electron chi connectivity index (χ4n) is 1.50. The van der Waals surface area contributed by atoms with Crippen molar-refractivity contribution in [3.05, 3.63) is 54.1 Å². The summed E-state index contributed by atoms with van der Waals surface area (Å²) in [7, 11) is 0. The molecule has 3 N–H and O–H groups in total. The minimum atomic E-state index is -0.472. The van der Waals surface area contributed by atoms with Gasteiger partial charge in [0, 0.05) is 4.90 Å². The average molecular weight is 294 g/mol. The van der Waals surface area contributed by atoms with E-state index in [1.165, 1.54) is 36.0 Å². The summed E-state index contributed by atoms with van der Waals surface area (Å²) in [6, 6.07) is 9.59. The molecule has 0 aromatic heterocycles. The Balaban J connectivity index is 1.92. The molecule has 0 saturated carbocycles. The first-order valence-corrected chi connectivity index (χ1v) is 6.76. The fourth-order valence-corrected chi connectivity index (χ4v) is 2.20. The molecule has 0 aliphatic heterocycles. The van der Waals surface area contributed by atoms with E-state index in [0.29, 0.717) is 5.69 Å². The number of amides is 1. The summed E-state index contributed by atoms with van der Waals surface area (Å²) >= 11 is 1.25. The van der Waals surface area contributed by atoms with Crippen LogP contribution < -0.4 is 11.1 Å². The SMILES string of the molecule is Nc1ccc(F)cc1NC(=O)CSc1ccc(F)cc1. The number of thioether (sulfide) groups is 1. The molecule has 0 radical (unpaired) electrons. The molecule has 2 aromatic carbocycles. The fraction of sp³-hybridized carbons (Fsp3) is 0.0714. The van der Waals surface area contributed by atoms with Crippen LogP contribution in [0.5, 0.6) is 0 Å². The van der Waals surface area contributed by atoms with Gasteiger partial charge >= 0.3 is 0 Å². The third-order valence-corrected chi connectivity index (χ3v) is 3.49. The second-order valence-corrected chi connectivity index (χ2v) is 5.07. The Labute approximate surface area is 119 Å². The number of hydrogen-bond donors (Lipinski definition) is 2. The highest BCUT2D eigenvalue weighted by Crippen LogP contribution is 2.21. The number of benzene rings is 2. The van der Waals surface area contributed by atoms with Gasteiger partial charge in [-0.2, -0.15) is 0 Å². The summed E-state index contributed by atoms with van der Waals surface area (Å²) in [4.78, 5) is 12.5. The number of anilines is 2. The van der Waals surface area contributed by atoms with Crippen LogP contribution in [0.2, 0.25) is 0 Å². The van der Waals surface area contributed by atoms with Gasteiger partial charge in [-0.25, -0.2) is 8.78 Å². The summed E-state index contributed by atoms with van der Waals surface area (Å²) in [5.41, 5.74) is 6.17. The zero-order chi connectivity index (χ0) is 14.5. The van der Waals surface area contributed by atoms with E-state index in [4.69, 9.17) is 5.73 Å². The van der Waals surface area contributed by atoms with Crippen LogP contribution in [0.15, 0.2) is 47.4 Å². The normalized spacial score (nSPS) is 10.3. The monoisotopic (exact) mass is 294 g/mol. The Bertz CT molecular complexity index is 617. The Hall–Kier alpha value is -2.08. The summed E-state index contributed by atoms with van der Waals surface area (Å²) in [6.07, 6.45) is 0. The van der Waals surface area contributed by atoms with Crippen LogP contribution in [0.1, 0.15) is 0 Å². The van der Waals surface area contributed by atoms with Gasteiger partial charge in [0.1, 0.15) is 11.6 Å². The van der Waals surface area contributed by atoms with Crippen molar-refractivity contribution in [2.24, 2.45) is 0 Å². The van der Waals surface area contributed by atoms with Gasteiger partial charge in [0.2, 0.25) is 5.91 Å². The Morgan fingerprint density at radius 1 is 1.10 bits per heavy atom. The molecule has 0 aliphatic rings. The summed E-state index contributed by atoms with van der Waals surface area (Å²) in [5.74, 6) is -0.981. The lowest BCUT2D eigenvalue weighted by atomic mass is 10.2. The molecule has 0 spiro atoms. The molecule has 3 nitrogen and oxygen atoms in total. The van der Waals surface area contributed by atoms with Crippen molar-refractivity contribution in [1.82, 2.24) is 0 Å². The number of hydrogen-bond acceptors (Lipinski definition) is 3. The number of carbonyl (C=O) groups is 1. The van der Waals surface area contributed by atoms with Crippen molar-refractivity contribution in [3.63, 3.8) is 0 Å². The van der Waals surface area contributed by atoms with E-state index in [9.17, 15) is 13.6 Å². The molecule has 20 heavy (non-hydrogen) atoms. The molecule has 0 bridgehead atoms. The lowest BCUT2D eigenvalue weighted by Gasteiger charge is -2.08. The number of halogens is 2. The van der Waals surface area contributed by atoms with Crippen molar-refractivity contribution in [1.29, 1.82) is 0 Å². The molecule has 0 aliphatic carbocycles. The van der Waals surface area contributed by atoms with Gasteiger partial charge in [-0.1, -0.05) is 0 Å². The van der Waals surface area contributed by atoms with Crippen LogP contribution in [0.25, 0.3) is 0 Å². The van der Waals surface area contributed by atoms with Crippen molar-refractivity contribution in [2.75, 3.05) is 16.8 Å². The zero-order valence-corrected chi connectivity index (χ0v) is 11.2. The van der Waals surface area contributed by atoms with Crippen LogP contribution in [0.4, 0.5) is 20.2 Å². The number of carbonyl (C=O) groups excluding carboxylic acids is 1. The highest BCUT2D eigenvalue weighted by atomic mass is 32.2. The van der Waals surface area contributed by atoms with Crippen LogP contribution in [-0.2, 0) is 4.79 Å². The maximum Gasteiger partial charge on any atom is 0.234 e. The topological polar surface area (TPSA) is 55.1 Å². The van der Waals surface area contributed by atoms with Crippen molar-refractivity contribution in [3.8, 4) is 0 Å². The van der Waals surface area contributed by atoms with E-state index in [2.05, 4.69) is 5.32 Å². The minimum Gasteiger partial charge on any atom is -0.397 e. The van der Waals surface area contributed by atoms with Gasteiger partial charge in [0.05, 0.1) is 17.1 Å². The first kappa shape index (κ1) is 14.3. The van der Waals surface area contributed by atoms with E-state index < -0.39 is 5.82 Å².